The maximum Gasteiger partial charge on any atom is 0.274 e. The summed E-state index contributed by atoms with van der Waals surface area (Å²) in [6.45, 7) is 11.9. The largest absolute Gasteiger partial charge is 0.333 e. The third-order valence-corrected chi connectivity index (χ3v) is 20.0. The van der Waals surface area contributed by atoms with Crippen LogP contribution >= 0.6 is 62.3 Å². The Morgan fingerprint density at radius 1 is 0.398 bits per heavy atom. The third-order valence-electron chi connectivity index (χ3n) is 18.5. The number of carbonyl (C=O) groups excluding carboxylic acids is 7. The monoisotopic (exact) mass is 1520 g/mol. The predicted octanol–water partition coefficient (Wildman–Crippen LogP) is 14.5. The van der Waals surface area contributed by atoms with Gasteiger partial charge in [0, 0.05) is 111 Å². The van der Waals surface area contributed by atoms with E-state index in [2.05, 4.69) is 52.3 Å². The highest BCUT2D eigenvalue weighted by Gasteiger charge is 2.34. The van der Waals surface area contributed by atoms with Crippen molar-refractivity contribution in [1.29, 1.82) is 0 Å². The molecule has 7 amide bonds. The second-order valence-electron chi connectivity index (χ2n) is 25.4. The van der Waals surface area contributed by atoms with Crippen LogP contribution in [0, 0.1) is 0 Å². The van der Waals surface area contributed by atoms with E-state index >= 15 is 0 Å². The highest BCUT2D eigenvalue weighted by atomic mass is 79.9. The topological polar surface area (TPSA) is 238 Å². The Balaban J connectivity index is 0.000000122. The molecule has 4 aromatic carbocycles. The van der Waals surface area contributed by atoms with Gasteiger partial charge in [0.1, 0.15) is 0 Å². The molecule has 4 aliphatic rings. The lowest BCUT2D eigenvalue weighted by atomic mass is 9.91. The predicted molar refractivity (Wildman–Crippen MR) is 400 cm³/mol. The number of nitrogens with zero attached hydrogens (tertiary/aromatic N) is 12. The molecule has 2 unspecified atom stereocenters. The minimum Gasteiger partial charge on any atom is -0.333 e. The fourth-order valence-electron chi connectivity index (χ4n) is 13.6. The molecule has 3 N–H and O–H groups in total. The molecular weight excluding hydrogens is 1460 g/mol. The van der Waals surface area contributed by atoms with Gasteiger partial charge in [-0.2, -0.15) is 20.4 Å². The van der Waals surface area contributed by atoms with Crippen molar-refractivity contribution in [3.8, 4) is 0 Å². The second kappa shape index (κ2) is 30.3. The minimum atomic E-state index is -0.113. The van der Waals surface area contributed by atoms with E-state index < -0.39 is 0 Å². The molecule has 0 radical (unpaired) electrons. The van der Waals surface area contributed by atoms with Crippen molar-refractivity contribution in [2.45, 2.75) is 85.5 Å². The molecule has 16 rings (SSSR count). The fraction of sp³-hybridized carbons (Fsp3) is 0.224. The number of rotatable bonds is 7. The Morgan fingerprint density at radius 3 is 1.16 bits per heavy atom. The van der Waals surface area contributed by atoms with Gasteiger partial charge in [-0.25, -0.2) is 18.1 Å². The number of nitrogens with one attached hydrogen (secondary N) is 3. The molecule has 12 aromatic rings. The zero-order valence-corrected chi connectivity index (χ0v) is 61.1. The van der Waals surface area contributed by atoms with Crippen molar-refractivity contribution in [1.82, 2.24) is 58.1 Å². The summed E-state index contributed by atoms with van der Waals surface area (Å²) in [7, 11) is 0. The number of aromatic nitrogens is 8. The van der Waals surface area contributed by atoms with E-state index in [-0.39, 0.29) is 53.4 Å². The molecule has 0 fully saturated rings. The molecule has 12 heterocycles. The number of hydrogen-bond donors (Lipinski definition) is 3. The van der Waals surface area contributed by atoms with Gasteiger partial charge < -0.3 is 35.6 Å². The smallest absolute Gasteiger partial charge is 0.274 e. The molecule has 4 aliphatic heterocycles. The average Bonchev–Trinajstić information content (AvgIpc) is 1.78. The van der Waals surface area contributed by atoms with Crippen LogP contribution in [0.5, 0.6) is 0 Å². The van der Waals surface area contributed by atoms with Gasteiger partial charge in [-0.05, 0) is 197 Å². The van der Waals surface area contributed by atoms with Crippen molar-refractivity contribution in [2.24, 2.45) is 0 Å². The summed E-state index contributed by atoms with van der Waals surface area (Å²) in [5.74, 6) is -0.669. The Morgan fingerprint density at radius 2 is 0.738 bits per heavy atom. The van der Waals surface area contributed by atoms with Crippen LogP contribution in [0.15, 0.2) is 175 Å². The molecule has 0 saturated carbocycles. The quantitative estimate of drug-likeness (QED) is 0.136. The first-order valence-corrected chi connectivity index (χ1v) is 35.5. The first-order valence-electron chi connectivity index (χ1n) is 33.2. The number of pyridine rings is 4. The Labute approximate surface area is 620 Å². The van der Waals surface area contributed by atoms with Crippen LogP contribution in [0.1, 0.15) is 133 Å². The van der Waals surface area contributed by atoms with Crippen LogP contribution in [0.25, 0.3) is 22.1 Å². The molecule has 524 valence electrons. The summed E-state index contributed by atoms with van der Waals surface area (Å²) >= 11 is 27.7. The fourth-order valence-corrected chi connectivity index (χ4v) is 14.7. The summed E-state index contributed by atoms with van der Waals surface area (Å²) in [4.78, 5) is 93.3. The molecule has 22 nitrogen and oxygen atoms in total. The van der Waals surface area contributed by atoms with Gasteiger partial charge in [-0.3, -0.25) is 33.6 Å². The van der Waals surface area contributed by atoms with E-state index in [4.69, 9.17) is 46.4 Å². The number of amides is 7. The van der Waals surface area contributed by atoms with Gasteiger partial charge in [0.25, 0.3) is 23.6 Å². The van der Waals surface area contributed by atoms with Crippen LogP contribution in [-0.2, 0) is 53.2 Å². The Kier molecular flexibility index (Phi) is 20.8. The van der Waals surface area contributed by atoms with Crippen LogP contribution in [0.4, 0.5) is 17.1 Å². The van der Waals surface area contributed by atoms with Crippen LogP contribution in [-0.4, -0.2) is 126 Å². The Bertz CT molecular complexity index is 5220. The molecule has 103 heavy (non-hydrogen) atoms. The lowest BCUT2D eigenvalue weighted by Crippen LogP contribution is -2.39. The highest BCUT2D eigenvalue weighted by molar-refractivity contribution is 9.10. The van der Waals surface area contributed by atoms with E-state index in [0.717, 1.165) is 99.6 Å². The van der Waals surface area contributed by atoms with E-state index in [1.807, 2.05) is 133 Å². The number of hydrogen-bond acceptors (Lipinski definition) is 11. The average molecular weight is 1530 g/mol. The summed E-state index contributed by atoms with van der Waals surface area (Å²) in [5.41, 5.74) is 16.2. The van der Waals surface area contributed by atoms with E-state index in [1.54, 1.807) is 88.9 Å². The normalized spacial score (nSPS) is 15.1. The minimum absolute atomic E-state index is 0.0339. The first kappa shape index (κ1) is 71.0. The highest BCUT2D eigenvalue weighted by Crippen LogP contribution is 2.37. The molecule has 0 aliphatic carbocycles. The van der Waals surface area contributed by atoms with Gasteiger partial charge in [0.05, 0.1) is 49.2 Å². The molecule has 2 atom stereocenters. The standard InChI is InChI=1S/C20H19ClN4O2.C19H17BrN4O2.C19H17ClN4O2.C18H15Cl2N3O/c1-12-16-4-3-5-18(22-13(2)26)17(16)8-9-24(12)20(27)19-10-15-7-6-14(21)11-25(15)23-19;2*1-12(25)21-17-4-2-3-13-10-23(8-7-16(13)17)19(26)18-9-15-6-5-14(20)11-24(15)22-18;1-11-14-3-2-4-16(20)15(14)7-8-22(11)18(24)17-9-13-6-5-12(19)10-23(13)21-17/h3-7,10-12H,8-9H2,1-2H3,(H,22,26);2*2-6,9,11H,7-8,10H2,1H3,(H,21,25);2-6,9-11H,7-8H2,1H3. The summed E-state index contributed by atoms with van der Waals surface area (Å²) in [6, 6.07) is 44.9. The van der Waals surface area contributed by atoms with Crippen molar-refractivity contribution in [2.75, 3.05) is 42.1 Å². The number of fused-ring (bicyclic) bond motifs is 8. The summed E-state index contributed by atoms with van der Waals surface area (Å²) < 4.78 is 7.47. The van der Waals surface area contributed by atoms with Gasteiger partial charge in [-0.15, -0.1) is 0 Å². The van der Waals surface area contributed by atoms with Gasteiger partial charge in [-0.1, -0.05) is 94.9 Å². The molecular formula is C76H68BrCl4N15O7. The van der Waals surface area contributed by atoms with Gasteiger partial charge in [0.15, 0.2) is 22.8 Å². The second-order valence-corrected chi connectivity index (χ2v) is 28.0. The zero-order chi connectivity index (χ0) is 72.5. The molecule has 8 aromatic heterocycles. The first-order chi connectivity index (χ1) is 49.5. The molecule has 27 heteroatoms. The van der Waals surface area contributed by atoms with Crippen molar-refractivity contribution in [3.63, 3.8) is 0 Å². The van der Waals surface area contributed by atoms with E-state index in [1.165, 1.54) is 20.8 Å². The SMILES string of the molecule is CC(=O)Nc1cccc2c1CCN(C(=O)c1cc3ccc(Br)cn3n1)C2.CC(=O)Nc1cccc2c1CCN(C(=O)c1cc3ccc(Cl)cn3n1)C2.CC(=O)Nc1cccc2c1CCN(C(=O)c1cc3ccc(Cl)cn3n1)C2C.CC1c2cccc(Cl)c2CCN1C(=O)c1cc2ccc(Cl)cn2n1. The van der Waals surface area contributed by atoms with Gasteiger partial charge in [0.2, 0.25) is 17.7 Å². The molecule has 0 saturated heterocycles. The van der Waals surface area contributed by atoms with E-state index in [0.29, 0.717) is 96.4 Å². The van der Waals surface area contributed by atoms with E-state index in [9.17, 15) is 33.6 Å². The summed E-state index contributed by atoms with van der Waals surface area (Å²) in [5, 5.41) is 28.6. The van der Waals surface area contributed by atoms with Crippen molar-refractivity contribution >= 4 is 143 Å². The zero-order valence-electron chi connectivity index (χ0n) is 56.5. The third kappa shape index (κ3) is 15.5. The van der Waals surface area contributed by atoms with Crippen LogP contribution < -0.4 is 16.0 Å². The maximum atomic E-state index is 13.1. The summed E-state index contributed by atoms with van der Waals surface area (Å²) in [6.07, 6.45) is 9.72. The number of anilines is 3. The number of benzene rings is 4. The molecule has 0 bridgehead atoms. The lowest BCUT2D eigenvalue weighted by molar-refractivity contribution is -0.115. The lowest BCUT2D eigenvalue weighted by Gasteiger charge is -2.35. The number of carbonyl (C=O) groups is 7. The Hall–Kier alpha value is -10.4. The number of halogens is 5. The van der Waals surface area contributed by atoms with Crippen molar-refractivity contribution < 1.29 is 33.6 Å². The maximum absolute atomic E-state index is 13.1. The van der Waals surface area contributed by atoms with Crippen LogP contribution in [0.3, 0.4) is 0 Å². The van der Waals surface area contributed by atoms with Gasteiger partial charge >= 0.3 is 0 Å². The molecule has 0 spiro atoms. The van der Waals surface area contributed by atoms with Crippen LogP contribution in [0.2, 0.25) is 20.1 Å². The van der Waals surface area contributed by atoms with Crippen molar-refractivity contribution in [3.05, 3.63) is 262 Å².